The average molecular weight is 403 g/mol. The molecule has 1 saturated carbocycles. The number of rotatable bonds is 5. The second kappa shape index (κ2) is 6.18. The molecular weight excluding hydrogens is 384 g/mol. The Hall–Kier alpha value is -2.17. The van der Waals surface area contributed by atoms with Crippen LogP contribution >= 0.6 is 11.7 Å². The maximum atomic E-state index is 13.1. The highest BCUT2D eigenvalue weighted by atomic mass is 32.2. The van der Waals surface area contributed by atoms with Crippen molar-refractivity contribution in [2.24, 2.45) is 0 Å². The lowest BCUT2D eigenvalue weighted by Gasteiger charge is -2.43. The van der Waals surface area contributed by atoms with E-state index in [-0.39, 0.29) is 10.9 Å². The Kier molecular flexibility index (Phi) is 3.88. The summed E-state index contributed by atoms with van der Waals surface area (Å²) in [7, 11) is -2.01. The number of likely N-dealkylation sites (N-methyl/N-ethyl adjacent to an activating group) is 1. The summed E-state index contributed by atoms with van der Waals surface area (Å²) in [6, 6.07) is 8.97. The molecule has 27 heavy (non-hydrogen) atoms. The lowest BCUT2D eigenvalue weighted by Crippen LogP contribution is -2.60. The number of aromatic nitrogens is 4. The van der Waals surface area contributed by atoms with Crippen LogP contribution in [0.3, 0.4) is 0 Å². The summed E-state index contributed by atoms with van der Waals surface area (Å²) in [4.78, 5) is 2.26. The lowest BCUT2D eigenvalue weighted by atomic mass is 10.1. The number of hydrogen-bond acceptors (Lipinski definition) is 8. The largest absolute Gasteiger partial charge is 0.352 e. The molecule has 2 fully saturated rings. The van der Waals surface area contributed by atoms with Crippen molar-refractivity contribution in [1.29, 1.82) is 0 Å². The summed E-state index contributed by atoms with van der Waals surface area (Å²) in [6.07, 6.45) is 2.40. The molecule has 10 heteroatoms. The van der Waals surface area contributed by atoms with E-state index >= 15 is 0 Å². The summed E-state index contributed by atoms with van der Waals surface area (Å²) in [5, 5.41) is 8.60. The van der Waals surface area contributed by atoms with Gasteiger partial charge in [0.2, 0.25) is 10.0 Å². The highest BCUT2D eigenvalue weighted by Gasteiger charge is 2.38. The quantitative estimate of drug-likeness (QED) is 0.643. The highest BCUT2D eigenvalue weighted by molar-refractivity contribution is 7.89. The molecule has 0 spiro atoms. The number of nitrogens with zero attached hydrogens (tertiary/aromatic N) is 6. The standard InChI is InChI=1S/C17H18N6O2S2/c1-22(27(24,25)15-4-2-3-14-17(15)21-26-20-14)12-9-23(10-12)16-8-7-13(18-19-16)11-5-6-11/h2-4,7-8,11-12H,5-6,9-10H2,1H3. The third kappa shape index (κ3) is 2.88. The smallest absolute Gasteiger partial charge is 0.245 e. The van der Waals surface area contributed by atoms with Crippen molar-refractivity contribution in [2.75, 3.05) is 25.0 Å². The molecule has 0 N–H and O–H groups in total. The van der Waals surface area contributed by atoms with Crippen molar-refractivity contribution in [3.63, 3.8) is 0 Å². The van der Waals surface area contributed by atoms with Gasteiger partial charge in [-0.1, -0.05) is 6.07 Å². The first-order chi connectivity index (χ1) is 13.0. The van der Waals surface area contributed by atoms with Crippen LogP contribution in [0.5, 0.6) is 0 Å². The third-order valence-corrected chi connectivity index (χ3v) is 7.76. The molecule has 5 rings (SSSR count). The summed E-state index contributed by atoms with van der Waals surface area (Å²) in [5.41, 5.74) is 2.10. The first kappa shape index (κ1) is 17.0. The fraction of sp³-hybridized carbons (Fsp3) is 0.412. The van der Waals surface area contributed by atoms with Crippen LogP contribution in [-0.2, 0) is 10.0 Å². The Labute approximate surface area is 161 Å². The molecule has 1 aliphatic carbocycles. The van der Waals surface area contributed by atoms with Gasteiger partial charge in [-0.2, -0.15) is 18.2 Å². The summed E-state index contributed by atoms with van der Waals surface area (Å²) in [5.74, 6) is 1.38. The van der Waals surface area contributed by atoms with Crippen LogP contribution < -0.4 is 4.90 Å². The molecule has 2 aromatic heterocycles. The fourth-order valence-corrected chi connectivity index (χ4v) is 5.40. The second-order valence-electron chi connectivity index (χ2n) is 7.06. The van der Waals surface area contributed by atoms with Crippen LogP contribution in [0.25, 0.3) is 11.0 Å². The van der Waals surface area contributed by atoms with Gasteiger partial charge in [0, 0.05) is 26.1 Å². The summed E-state index contributed by atoms with van der Waals surface area (Å²) < 4.78 is 35.9. The van der Waals surface area contributed by atoms with Crippen molar-refractivity contribution in [3.05, 3.63) is 36.0 Å². The van der Waals surface area contributed by atoms with E-state index in [2.05, 4.69) is 18.9 Å². The third-order valence-electron chi connectivity index (χ3n) is 5.27. The van der Waals surface area contributed by atoms with Crippen LogP contribution in [0, 0.1) is 0 Å². The number of sulfonamides is 1. The first-order valence-electron chi connectivity index (χ1n) is 8.82. The van der Waals surface area contributed by atoms with E-state index in [0.717, 1.165) is 23.2 Å². The van der Waals surface area contributed by atoms with Gasteiger partial charge >= 0.3 is 0 Å². The van der Waals surface area contributed by atoms with Gasteiger partial charge in [0.1, 0.15) is 15.9 Å². The van der Waals surface area contributed by atoms with Gasteiger partial charge in [-0.3, -0.25) is 0 Å². The lowest BCUT2D eigenvalue weighted by molar-refractivity contribution is 0.309. The van der Waals surface area contributed by atoms with E-state index in [1.54, 1.807) is 25.2 Å². The first-order valence-corrected chi connectivity index (χ1v) is 11.0. The van der Waals surface area contributed by atoms with Gasteiger partial charge in [0.25, 0.3) is 0 Å². The molecule has 1 aliphatic heterocycles. The Bertz CT molecular complexity index is 1090. The van der Waals surface area contributed by atoms with E-state index in [0.29, 0.717) is 30.0 Å². The van der Waals surface area contributed by atoms with Crippen LogP contribution in [0.1, 0.15) is 24.5 Å². The van der Waals surface area contributed by atoms with E-state index in [9.17, 15) is 8.42 Å². The Morgan fingerprint density at radius 2 is 1.93 bits per heavy atom. The van der Waals surface area contributed by atoms with Gasteiger partial charge in [-0.15, -0.1) is 5.10 Å². The molecule has 3 aromatic rings. The predicted molar refractivity (Wildman–Crippen MR) is 102 cm³/mol. The maximum Gasteiger partial charge on any atom is 0.245 e. The van der Waals surface area contributed by atoms with Crippen LogP contribution in [-0.4, -0.2) is 57.8 Å². The Morgan fingerprint density at radius 1 is 1.11 bits per heavy atom. The van der Waals surface area contributed by atoms with E-state index in [1.165, 1.54) is 17.1 Å². The van der Waals surface area contributed by atoms with Gasteiger partial charge in [-0.25, -0.2) is 8.42 Å². The summed E-state index contributed by atoms with van der Waals surface area (Å²) in [6.45, 7) is 1.19. The van der Waals surface area contributed by atoms with Gasteiger partial charge in [0.05, 0.1) is 23.5 Å². The van der Waals surface area contributed by atoms with E-state index < -0.39 is 10.0 Å². The zero-order valence-corrected chi connectivity index (χ0v) is 16.3. The van der Waals surface area contributed by atoms with E-state index in [4.69, 9.17) is 0 Å². The van der Waals surface area contributed by atoms with E-state index in [1.807, 2.05) is 17.0 Å². The molecule has 140 valence electrons. The molecular formula is C17H18N6O2S2. The molecule has 0 amide bonds. The molecule has 0 unspecified atom stereocenters. The molecule has 1 aromatic carbocycles. The molecule has 0 bridgehead atoms. The minimum absolute atomic E-state index is 0.109. The normalized spacial score (nSPS) is 18.2. The summed E-state index contributed by atoms with van der Waals surface area (Å²) >= 11 is 1.02. The number of benzene rings is 1. The van der Waals surface area contributed by atoms with Crippen molar-refractivity contribution in [3.8, 4) is 0 Å². The van der Waals surface area contributed by atoms with Crippen molar-refractivity contribution in [1.82, 2.24) is 23.2 Å². The number of hydrogen-bond donors (Lipinski definition) is 0. The molecule has 0 atom stereocenters. The van der Waals surface area contributed by atoms with Crippen molar-refractivity contribution >= 4 is 38.6 Å². The Balaban J connectivity index is 1.31. The van der Waals surface area contributed by atoms with Crippen molar-refractivity contribution < 1.29 is 8.42 Å². The molecule has 3 heterocycles. The topological polar surface area (TPSA) is 92.2 Å². The number of fused-ring (bicyclic) bond motifs is 1. The molecule has 0 radical (unpaired) electrons. The van der Waals surface area contributed by atoms with Gasteiger partial charge < -0.3 is 4.90 Å². The second-order valence-corrected chi connectivity index (χ2v) is 9.55. The van der Waals surface area contributed by atoms with Gasteiger partial charge in [-0.05, 0) is 37.1 Å². The minimum Gasteiger partial charge on any atom is -0.352 e. The molecule has 1 saturated heterocycles. The van der Waals surface area contributed by atoms with Gasteiger partial charge in [0.15, 0.2) is 5.82 Å². The van der Waals surface area contributed by atoms with Crippen LogP contribution in [0.4, 0.5) is 5.82 Å². The fourth-order valence-electron chi connectivity index (χ4n) is 3.31. The maximum absolute atomic E-state index is 13.1. The molecule has 2 aliphatic rings. The number of anilines is 1. The highest BCUT2D eigenvalue weighted by Crippen LogP contribution is 2.39. The van der Waals surface area contributed by atoms with Crippen molar-refractivity contribution in [2.45, 2.75) is 29.7 Å². The Morgan fingerprint density at radius 3 is 2.63 bits per heavy atom. The van der Waals surface area contributed by atoms with Crippen LogP contribution in [0.15, 0.2) is 35.2 Å². The SMILES string of the molecule is CN(C1CN(c2ccc(C3CC3)nn2)C1)S(=O)(=O)c1cccc2nsnc12. The zero-order chi connectivity index (χ0) is 18.6. The monoisotopic (exact) mass is 402 g/mol. The predicted octanol–water partition coefficient (Wildman–Crippen LogP) is 1.87. The molecule has 8 nitrogen and oxygen atoms in total. The zero-order valence-electron chi connectivity index (χ0n) is 14.7. The minimum atomic E-state index is -3.64. The van der Waals surface area contributed by atoms with Crippen LogP contribution in [0.2, 0.25) is 0 Å². The average Bonchev–Trinajstić information content (AvgIpc) is 3.37.